The summed E-state index contributed by atoms with van der Waals surface area (Å²) in [6, 6.07) is 17.7. The minimum atomic E-state index is -1.31. The van der Waals surface area contributed by atoms with Gasteiger partial charge in [0.25, 0.3) is 0 Å². The second-order valence-electron chi connectivity index (χ2n) is 9.92. The molecule has 1 aliphatic rings. The van der Waals surface area contributed by atoms with E-state index in [1.54, 1.807) is 0 Å². The van der Waals surface area contributed by atoms with Gasteiger partial charge in [0.2, 0.25) is 0 Å². The highest BCUT2D eigenvalue weighted by Crippen LogP contribution is 2.39. The van der Waals surface area contributed by atoms with E-state index in [1.807, 2.05) is 119 Å². The largest absolute Gasteiger partial charge is 0.498 e. The van der Waals surface area contributed by atoms with Crippen molar-refractivity contribution in [3.63, 3.8) is 0 Å². The van der Waals surface area contributed by atoms with Crippen LogP contribution >= 0.6 is 0 Å². The van der Waals surface area contributed by atoms with Crippen LogP contribution in [0.5, 0.6) is 0 Å². The van der Waals surface area contributed by atoms with E-state index in [2.05, 4.69) is 0 Å². The lowest BCUT2D eigenvalue weighted by molar-refractivity contribution is -0.155. The molecule has 0 aromatic heterocycles. The van der Waals surface area contributed by atoms with Gasteiger partial charge in [0.15, 0.2) is 0 Å². The van der Waals surface area contributed by atoms with Gasteiger partial charge in [0.1, 0.15) is 11.2 Å². The second-order valence-corrected chi connectivity index (χ2v) is 9.92. The summed E-state index contributed by atoms with van der Waals surface area (Å²) in [5.41, 5.74) is 1.62. The van der Waals surface area contributed by atoms with Crippen LogP contribution in [0.2, 0.25) is 0 Å². The minimum Gasteiger partial charge on any atom is -0.498 e. The molecule has 0 saturated heterocycles. The first kappa shape index (κ1) is 26.3. The zero-order valence-electron chi connectivity index (χ0n) is 21.5. The number of allylic oxidation sites excluding steroid dienone is 3. The SMILES string of the molecule is CN(C)c1ccc(C(O)(C2=CC=C(OCCCC(=O)OC(C)(C)C)CC=C2)c2ccccc2)cc1. The molecule has 0 aliphatic heterocycles. The fourth-order valence-electron chi connectivity index (χ4n) is 3.95. The summed E-state index contributed by atoms with van der Waals surface area (Å²) >= 11 is 0. The number of hydrogen-bond acceptors (Lipinski definition) is 5. The van der Waals surface area contributed by atoms with E-state index < -0.39 is 11.2 Å². The van der Waals surface area contributed by atoms with Crippen molar-refractivity contribution < 1.29 is 19.4 Å². The monoisotopic (exact) mass is 475 g/mol. The van der Waals surface area contributed by atoms with E-state index >= 15 is 0 Å². The zero-order valence-corrected chi connectivity index (χ0v) is 21.5. The Morgan fingerprint density at radius 3 is 2.26 bits per heavy atom. The predicted octanol–water partition coefficient (Wildman–Crippen LogP) is 5.90. The second kappa shape index (κ2) is 11.4. The fourth-order valence-corrected chi connectivity index (χ4v) is 3.95. The number of aliphatic hydroxyl groups is 1. The Balaban J connectivity index is 1.78. The van der Waals surface area contributed by atoms with Gasteiger partial charge in [-0.1, -0.05) is 60.7 Å². The molecule has 0 fully saturated rings. The van der Waals surface area contributed by atoms with Crippen LogP contribution in [0, 0.1) is 0 Å². The molecule has 3 rings (SSSR count). The number of rotatable bonds is 9. The molecule has 1 aliphatic carbocycles. The molecule has 1 N–H and O–H groups in total. The van der Waals surface area contributed by atoms with Crippen LogP contribution in [-0.2, 0) is 19.9 Å². The van der Waals surface area contributed by atoms with Crippen LogP contribution in [0.3, 0.4) is 0 Å². The molecule has 0 spiro atoms. The summed E-state index contributed by atoms with van der Waals surface area (Å²) < 4.78 is 11.3. The van der Waals surface area contributed by atoms with Crippen molar-refractivity contribution in [1.82, 2.24) is 0 Å². The maximum absolute atomic E-state index is 12.1. The van der Waals surface area contributed by atoms with Crippen molar-refractivity contribution in [3.8, 4) is 0 Å². The molecule has 2 aromatic rings. The number of carbonyl (C=O) groups is 1. The molecule has 0 bridgehead atoms. The summed E-state index contributed by atoms with van der Waals surface area (Å²) in [5.74, 6) is 0.574. The lowest BCUT2D eigenvalue weighted by Crippen LogP contribution is -2.29. The summed E-state index contributed by atoms with van der Waals surface area (Å²) in [4.78, 5) is 13.9. The molecular weight excluding hydrogens is 438 g/mol. The average Bonchev–Trinajstić information content (AvgIpc) is 3.07. The number of carbonyl (C=O) groups excluding carboxylic acids is 1. The summed E-state index contributed by atoms with van der Waals surface area (Å²) in [7, 11) is 3.99. The minimum absolute atomic E-state index is 0.216. The molecule has 1 unspecified atom stereocenters. The number of anilines is 1. The van der Waals surface area contributed by atoms with Crippen LogP contribution in [0.15, 0.2) is 90.2 Å². The van der Waals surface area contributed by atoms with E-state index in [1.165, 1.54) is 0 Å². The standard InChI is InChI=1S/C30H37NO4/c1-29(2,3)35-28(32)15-10-22-34-27-14-9-13-24(18-21-27)30(33,23-11-7-6-8-12-23)25-16-19-26(20-17-25)31(4)5/h6-9,11-13,16-21,33H,10,14-15,22H2,1-5H3. The number of esters is 1. The maximum Gasteiger partial charge on any atom is 0.306 e. The van der Waals surface area contributed by atoms with Gasteiger partial charge in [-0.05, 0) is 62.1 Å². The van der Waals surface area contributed by atoms with Crippen LogP contribution in [0.1, 0.15) is 51.2 Å². The topological polar surface area (TPSA) is 59.0 Å². The summed E-state index contributed by atoms with van der Waals surface area (Å²) in [6.45, 7) is 6.01. The van der Waals surface area contributed by atoms with Gasteiger partial charge in [-0.2, -0.15) is 0 Å². The molecule has 0 amide bonds. The smallest absolute Gasteiger partial charge is 0.306 e. The quantitative estimate of drug-likeness (QED) is 0.362. The molecule has 5 heteroatoms. The van der Waals surface area contributed by atoms with Crippen LogP contribution in [-0.4, -0.2) is 37.4 Å². The molecule has 0 radical (unpaired) electrons. The van der Waals surface area contributed by atoms with Crippen molar-refractivity contribution in [2.75, 3.05) is 25.6 Å². The van der Waals surface area contributed by atoms with Gasteiger partial charge in [-0.25, -0.2) is 0 Å². The first-order valence-electron chi connectivity index (χ1n) is 12.1. The first-order valence-corrected chi connectivity index (χ1v) is 12.1. The lowest BCUT2D eigenvalue weighted by Gasteiger charge is -2.31. The molecule has 186 valence electrons. The predicted molar refractivity (Wildman–Crippen MR) is 141 cm³/mol. The molecule has 5 nitrogen and oxygen atoms in total. The van der Waals surface area contributed by atoms with Gasteiger partial charge in [-0.15, -0.1) is 0 Å². The lowest BCUT2D eigenvalue weighted by atomic mass is 9.79. The zero-order chi connectivity index (χ0) is 25.5. The van der Waals surface area contributed by atoms with Gasteiger partial charge in [0, 0.05) is 32.6 Å². The Morgan fingerprint density at radius 1 is 0.971 bits per heavy atom. The van der Waals surface area contributed by atoms with E-state index in [9.17, 15) is 9.90 Å². The van der Waals surface area contributed by atoms with E-state index in [0.29, 0.717) is 25.9 Å². The molecule has 1 atom stereocenters. The van der Waals surface area contributed by atoms with Crippen molar-refractivity contribution >= 4 is 11.7 Å². The van der Waals surface area contributed by atoms with Crippen molar-refractivity contribution in [1.29, 1.82) is 0 Å². The normalized spacial score (nSPS) is 15.4. The number of benzene rings is 2. The van der Waals surface area contributed by atoms with Gasteiger partial charge < -0.3 is 19.5 Å². The molecule has 0 saturated carbocycles. The van der Waals surface area contributed by atoms with Gasteiger partial charge in [-0.3, -0.25) is 4.79 Å². The van der Waals surface area contributed by atoms with Crippen LogP contribution in [0.4, 0.5) is 5.69 Å². The third-order valence-electron chi connectivity index (χ3n) is 5.71. The molecule has 2 aromatic carbocycles. The maximum atomic E-state index is 12.1. The highest BCUT2D eigenvalue weighted by Gasteiger charge is 2.34. The first-order chi connectivity index (χ1) is 16.6. The Bertz CT molecular complexity index is 1080. The third kappa shape index (κ3) is 7.09. The third-order valence-corrected chi connectivity index (χ3v) is 5.71. The summed E-state index contributed by atoms with van der Waals surface area (Å²) in [5, 5.41) is 12.1. The highest BCUT2D eigenvalue weighted by molar-refractivity contribution is 5.69. The highest BCUT2D eigenvalue weighted by atomic mass is 16.6. The van der Waals surface area contributed by atoms with Crippen LogP contribution < -0.4 is 4.90 Å². The van der Waals surface area contributed by atoms with Crippen molar-refractivity contribution in [2.45, 2.75) is 51.2 Å². The van der Waals surface area contributed by atoms with Gasteiger partial charge >= 0.3 is 5.97 Å². The van der Waals surface area contributed by atoms with E-state index in [-0.39, 0.29) is 5.97 Å². The number of ether oxygens (including phenoxy) is 2. The van der Waals surface area contributed by atoms with Gasteiger partial charge in [0.05, 0.1) is 12.4 Å². The van der Waals surface area contributed by atoms with Crippen molar-refractivity contribution in [3.05, 3.63) is 101 Å². The summed E-state index contributed by atoms with van der Waals surface area (Å²) in [6.07, 6.45) is 9.29. The molecule has 35 heavy (non-hydrogen) atoms. The average molecular weight is 476 g/mol. The fraction of sp³-hybridized carbons (Fsp3) is 0.367. The van der Waals surface area contributed by atoms with E-state index in [0.717, 1.165) is 28.1 Å². The van der Waals surface area contributed by atoms with Crippen molar-refractivity contribution in [2.24, 2.45) is 0 Å². The number of nitrogens with zero attached hydrogens (tertiary/aromatic N) is 1. The Kier molecular flexibility index (Phi) is 8.57. The van der Waals surface area contributed by atoms with Crippen LogP contribution in [0.25, 0.3) is 0 Å². The Hall–Kier alpha value is -3.31. The van der Waals surface area contributed by atoms with E-state index in [4.69, 9.17) is 9.47 Å². The number of hydrogen-bond donors (Lipinski definition) is 1. The Labute approximate surface area is 209 Å². The molecular formula is C30H37NO4. The molecule has 0 heterocycles. The Morgan fingerprint density at radius 2 is 1.63 bits per heavy atom.